The van der Waals surface area contributed by atoms with Crippen molar-refractivity contribution in [1.29, 1.82) is 0 Å². The van der Waals surface area contributed by atoms with Crippen LogP contribution in [0.1, 0.15) is 55.6 Å². The number of piperidine rings is 1. The molecule has 0 saturated carbocycles. The van der Waals surface area contributed by atoms with Crippen LogP contribution in [0.15, 0.2) is 39.7 Å². The number of fused-ring (bicyclic) bond motifs is 1. The van der Waals surface area contributed by atoms with Crippen molar-refractivity contribution in [2.45, 2.75) is 45.1 Å². The topological polar surface area (TPSA) is 68.3 Å². The van der Waals surface area contributed by atoms with E-state index in [1.165, 1.54) is 12.3 Å². The average molecular weight is 448 g/mol. The van der Waals surface area contributed by atoms with Crippen molar-refractivity contribution in [3.05, 3.63) is 62.3 Å². The van der Waals surface area contributed by atoms with Crippen molar-refractivity contribution in [3.63, 3.8) is 0 Å². The first kappa shape index (κ1) is 20.9. The van der Waals surface area contributed by atoms with Crippen molar-refractivity contribution in [1.82, 2.24) is 14.5 Å². The van der Waals surface area contributed by atoms with E-state index in [4.69, 9.17) is 27.6 Å². The van der Waals surface area contributed by atoms with Crippen LogP contribution in [-0.2, 0) is 5.41 Å². The molecule has 0 N–H and O–H groups in total. The highest BCUT2D eigenvalue weighted by Crippen LogP contribution is 2.30. The van der Waals surface area contributed by atoms with Crippen molar-refractivity contribution in [2.75, 3.05) is 13.1 Å². The predicted octanol–water partition coefficient (Wildman–Crippen LogP) is 5.07. The van der Waals surface area contributed by atoms with Gasteiger partial charge in [0.05, 0.1) is 16.1 Å². The maximum atomic E-state index is 12.9. The predicted molar refractivity (Wildman–Crippen MR) is 118 cm³/mol. The molecule has 0 atom stereocenters. The normalized spacial score (nSPS) is 15.7. The van der Waals surface area contributed by atoms with E-state index in [1.807, 2.05) is 18.2 Å². The lowest BCUT2D eigenvalue weighted by Gasteiger charge is -2.32. The van der Waals surface area contributed by atoms with Gasteiger partial charge in [0.2, 0.25) is 0 Å². The van der Waals surface area contributed by atoms with Gasteiger partial charge in [-0.1, -0.05) is 50.0 Å². The summed E-state index contributed by atoms with van der Waals surface area (Å²) in [6.45, 7) is 7.42. The maximum Gasteiger partial charge on any atom is 0.420 e. The quantitative estimate of drug-likeness (QED) is 0.514. The molecule has 1 fully saturated rings. The van der Waals surface area contributed by atoms with Gasteiger partial charge >= 0.3 is 5.76 Å². The second kappa shape index (κ2) is 7.75. The summed E-state index contributed by atoms with van der Waals surface area (Å²) in [5.74, 6) is -0.559. The summed E-state index contributed by atoms with van der Waals surface area (Å²) in [7, 11) is 0. The second-order valence-electron chi connectivity index (χ2n) is 8.69. The van der Waals surface area contributed by atoms with Gasteiger partial charge < -0.3 is 9.32 Å². The molecule has 2 aromatic heterocycles. The third-order valence-corrected chi connectivity index (χ3v) is 6.14. The lowest BCUT2D eigenvalue weighted by molar-refractivity contribution is 0.0693. The van der Waals surface area contributed by atoms with Gasteiger partial charge in [-0.25, -0.2) is 9.78 Å². The zero-order valence-electron chi connectivity index (χ0n) is 17.1. The molecular weight excluding hydrogens is 425 g/mol. The summed E-state index contributed by atoms with van der Waals surface area (Å²) in [5.41, 5.74) is 2.79. The summed E-state index contributed by atoms with van der Waals surface area (Å²) >= 11 is 12.1. The number of hydrogen-bond acceptors (Lipinski definition) is 4. The number of aromatic nitrogens is 2. The fourth-order valence-corrected chi connectivity index (χ4v) is 4.26. The van der Waals surface area contributed by atoms with E-state index in [9.17, 15) is 9.59 Å². The number of amides is 1. The Morgan fingerprint density at radius 1 is 1.17 bits per heavy atom. The molecule has 1 amide bonds. The average Bonchev–Trinajstić information content (AvgIpc) is 3.03. The number of carbonyl (C=O) groups is 1. The number of halogens is 2. The molecule has 1 aromatic carbocycles. The van der Waals surface area contributed by atoms with E-state index in [0.29, 0.717) is 42.1 Å². The number of hydrogen-bond donors (Lipinski definition) is 0. The number of pyridine rings is 1. The van der Waals surface area contributed by atoms with Crippen molar-refractivity contribution in [2.24, 2.45) is 0 Å². The van der Waals surface area contributed by atoms with Gasteiger partial charge in [-0.05, 0) is 42.0 Å². The van der Waals surface area contributed by atoms with Crippen LogP contribution in [0, 0.1) is 0 Å². The molecule has 0 radical (unpaired) electrons. The van der Waals surface area contributed by atoms with Gasteiger partial charge in [-0.2, -0.15) is 0 Å². The summed E-state index contributed by atoms with van der Waals surface area (Å²) < 4.78 is 7.22. The third-order valence-electron chi connectivity index (χ3n) is 5.63. The first-order chi connectivity index (χ1) is 14.1. The smallest absolute Gasteiger partial charge is 0.408 e. The van der Waals surface area contributed by atoms with Crippen LogP contribution in [0.4, 0.5) is 0 Å². The van der Waals surface area contributed by atoms with Gasteiger partial charge in [-0.15, -0.1) is 0 Å². The van der Waals surface area contributed by atoms with Gasteiger partial charge in [0.25, 0.3) is 5.91 Å². The van der Waals surface area contributed by atoms with Crippen molar-refractivity contribution < 1.29 is 9.21 Å². The van der Waals surface area contributed by atoms with Crippen LogP contribution in [0.2, 0.25) is 10.2 Å². The summed E-state index contributed by atoms with van der Waals surface area (Å²) in [5, 5.41) is 0.502. The zero-order chi connectivity index (χ0) is 21.6. The number of nitrogens with zero attached hydrogens (tertiary/aromatic N) is 3. The van der Waals surface area contributed by atoms with Crippen LogP contribution in [0.25, 0.3) is 11.1 Å². The molecule has 8 heteroatoms. The van der Waals surface area contributed by atoms with Crippen LogP contribution >= 0.6 is 23.2 Å². The van der Waals surface area contributed by atoms with Crippen molar-refractivity contribution >= 4 is 40.2 Å². The highest BCUT2D eigenvalue weighted by molar-refractivity contribution is 6.34. The lowest BCUT2D eigenvalue weighted by Crippen LogP contribution is -2.40. The Hall–Kier alpha value is -2.31. The molecule has 0 bridgehead atoms. The van der Waals surface area contributed by atoms with E-state index in [0.717, 1.165) is 11.1 Å². The first-order valence-corrected chi connectivity index (χ1v) is 10.7. The number of carbonyl (C=O) groups excluding carboxylic acids is 1. The minimum atomic E-state index is -0.358. The molecule has 6 nitrogen and oxygen atoms in total. The molecule has 0 aliphatic carbocycles. The summed E-state index contributed by atoms with van der Waals surface area (Å²) in [6, 6.07) is 7.40. The van der Waals surface area contributed by atoms with Gasteiger partial charge in [-0.3, -0.25) is 9.36 Å². The van der Waals surface area contributed by atoms with E-state index in [2.05, 4.69) is 25.8 Å². The fourth-order valence-electron chi connectivity index (χ4n) is 3.92. The molecule has 1 aliphatic rings. The Balaban J connectivity index is 1.58. The highest BCUT2D eigenvalue weighted by Gasteiger charge is 2.29. The Labute approximate surface area is 184 Å². The van der Waals surface area contributed by atoms with E-state index in [1.54, 1.807) is 9.47 Å². The Morgan fingerprint density at radius 3 is 2.53 bits per heavy atom. The number of rotatable bonds is 2. The molecule has 4 rings (SSSR count). The second-order valence-corrected chi connectivity index (χ2v) is 9.48. The minimum Gasteiger partial charge on any atom is -0.408 e. The fraction of sp³-hybridized carbons (Fsp3) is 0.409. The first-order valence-electron chi connectivity index (χ1n) is 9.91. The molecule has 3 heterocycles. The van der Waals surface area contributed by atoms with Crippen molar-refractivity contribution in [3.8, 4) is 0 Å². The van der Waals surface area contributed by atoms with Gasteiger partial charge in [0.15, 0.2) is 5.58 Å². The number of likely N-dealkylation sites (tertiary alicyclic amines) is 1. The van der Waals surface area contributed by atoms with Gasteiger partial charge in [0.1, 0.15) is 5.15 Å². The molecule has 158 valence electrons. The standard InChI is InChI=1S/C22H23Cl2N3O3/c1-22(2,3)13-4-5-18-17(10-13)27(21(29)30-18)15-6-8-26(9-7-15)20(28)16-11-14(23)12-25-19(16)24/h4-5,10-12,15H,6-9H2,1-3H3. The van der Waals surface area contributed by atoms with Gasteiger partial charge in [0, 0.05) is 25.3 Å². The number of oxazole rings is 1. The molecule has 0 unspecified atom stereocenters. The third kappa shape index (κ3) is 3.86. The Morgan fingerprint density at radius 2 is 1.87 bits per heavy atom. The molecule has 3 aromatic rings. The summed E-state index contributed by atoms with van der Waals surface area (Å²) in [4.78, 5) is 31.1. The molecule has 0 spiro atoms. The van der Waals surface area contributed by atoms with Crippen LogP contribution < -0.4 is 5.76 Å². The zero-order valence-corrected chi connectivity index (χ0v) is 18.6. The lowest BCUT2D eigenvalue weighted by atomic mass is 9.87. The van der Waals surface area contributed by atoms with Crippen LogP contribution in [0.3, 0.4) is 0 Å². The van der Waals surface area contributed by atoms with E-state index in [-0.39, 0.29) is 28.3 Å². The Kier molecular flexibility index (Phi) is 5.41. The monoisotopic (exact) mass is 447 g/mol. The molecule has 1 aliphatic heterocycles. The maximum absolute atomic E-state index is 12.9. The molecular formula is C22H23Cl2N3O3. The van der Waals surface area contributed by atoms with Crippen LogP contribution in [-0.4, -0.2) is 33.4 Å². The minimum absolute atomic E-state index is 0.0353. The largest absolute Gasteiger partial charge is 0.420 e. The Bertz CT molecular complexity index is 1170. The molecule has 1 saturated heterocycles. The molecule has 30 heavy (non-hydrogen) atoms. The summed E-state index contributed by atoms with van der Waals surface area (Å²) in [6.07, 6.45) is 2.70. The highest BCUT2D eigenvalue weighted by atomic mass is 35.5. The SMILES string of the molecule is CC(C)(C)c1ccc2oc(=O)n(C3CCN(C(=O)c4cc(Cl)cnc4Cl)CC3)c2c1. The van der Waals surface area contributed by atoms with E-state index >= 15 is 0 Å². The van der Waals surface area contributed by atoms with E-state index < -0.39 is 0 Å². The van der Waals surface area contributed by atoms with Crippen LogP contribution in [0.5, 0.6) is 0 Å². The number of benzene rings is 1.